The quantitative estimate of drug-likeness (QED) is 0.577. The highest BCUT2D eigenvalue weighted by atomic mass is 19.4. The van der Waals surface area contributed by atoms with Crippen LogP contribution in [0.1, 0.15) is 22.8 Å². The fourth-order valence-electron chi connectivity index (χ4n) is 3.08. The number of hydrogen-bond acceptors (Lipinski definition) is 3. The first-order valence-corrected chi connectivity index (χ1v) is 9.08. The minimum absolute atomic E-state index is 0.0329. The largest absolute Gasteiger partial charge is 0.416 e. The number of carbonyl (C=O) groups is 2. The lowest BCUT2D eigenvalue weighted by Gasteiger charge is -2.19. The van der Waals surface area contributed by atoms with E-state index in [4.69, 9.17) is 5.73 Å². The fourth-order valence-corrected chi connectivity index (χ4v) is 3.08. The van der Waals surface area contributed by atoms with Gasteiger partial charge in [-0.3, -0.25) is 9.59 Å². The van der Waals surface area contributed by atoms with Crippen molar-refractivity contribution >= 4 is 22.6 Å². The van der Waals surface area contributed by atoms with Gasteiger partial charge in [-0.25, -0.2) is 0 Å². The third-order valence-corrected chi connectivity index (χ3v) is 4.72. The summed E-state index contributed by atoms with van der Waals surface area (Å²) in [6.07, 6.45) is -6.17. The molecule has 2 amide bonds. The van der Waals surface area contributed by atoms with Crippen LogP contribution >= 0.6 is 0 Å². The summed E-state index contributed by atoms with van der Waals surface area (Å²) in [4.78, 5) is 24.2. The second kappa shape index (κ2) is 8.54. The smallest absolute Gasteiger partial charge is 0.378 e. The lowest BCUT2D eigenvalue weighted by atomic mass is 10.0. The van der Waals surface area contributed by atoms with E-state index in [1.54, 1.807) is 6.07 Å². The Bertz CT molecular complexity index is 1070. The summed E-state index contributed by atoms with van der Waals surface area (Å²) in [6, 6.07) is 15.6. The summed E-state index contributed by atoms with van der Waals surface area (Å²) < 4.78 is 38.0. The van der Waals surface area contributed by atoms with E-state index in [0.29, 0.717) is 0 Å². The van der Waals surface area contributed by atoms with Crippen LogP contribution in [0, 0.1) is 0 Å². The number of alkyl halides is 3. The molecule has 8 heteroatoms. The van der Waals surface area contributed by atoms with E-state index in [1.807, 2.05) is 36.4 Å². The van der Waals surface area contributed by atoms with Crippen molar-refractivity contribution in [3.05, 3.63) is 83.4 Å². The molecule has 2 atom stereocenters. The molecular formula is C22H19F3N2O3. The average molecular weight is 416 g/mol. The molecule has 0 aliphatic heterocycles. The van der Waals surface area contributed by atoms with Crippen LogP contribution in [0.2, 0.25) is 0 Å². The molecule has 0 bridgehead atoms. The van der Waals surface area contributed by atoms with Crippen LogP contribution in [-0.4, -0.2) is 23.0 Å². The summed E-state index contributed by atoms with van der Waals surface area (Å²) in [5.41, 5.74) is 5.21. The van der Waals surface area contributed by atoms with Crippen LogP contribution in [0.15, 0.2) is 66.7 Å². The maximum Gasteiger partial charge on any atom is 0.416 e. The van der Waals surface area contributed by atoms with Crippen molar-refractivity contribution in [3.8, 4) is 0 Å². The van der Waals surface area contributed by atoms with E-state index in [2.05, 4.69) is 5.32 Å². The van der Waals surface area contributed by atoms with Crippen LogP contribution < -0.4 is 11.1 Å². The van der Waals surface area contributed by atoms with Crippen molar-refractivity contribution in [1.82, 2.24) is 5.32 Å². The summed E-state index contributed by atoms with van der Waals surface area (Å²) in [7, 11) is 0. The highest BCUT2D eigenvalue weighted by Gasteiger charge is 2.31. The number of aliphatic hydroxyl groups excluding tert-OH is 1. The number of carbonyl (C=O) groups excluding carboxylic acids is 2. The minimum atomic E-state index is -4.53. The molecule has 0 saturated carbocycles. The average Bonchev–Trinajstić information content (AvgIpc) is 2.72. The molecule has 0 unspecified atom stereocenters. The first-order valence-electron chi connectivity index (χ1n) is 9.08. The van der Waals surface area contributed by atoms with Gasteiger partial charge in [0.15, 0.2) is 6.10 Å². The van der Waals surface area contributed by atoms with E-state index in [0.717, 1.165) is 40.6 Å². The topological polar surface area (TPSA) is 92.4 Å². The van der Waals surface area contributed by atoms with Crippen molar-refractivity contribution in [2.45, 2.75) is 24.7 Å². The molecule has 0 radical (unpaired) electrons. The second-order valence-electron chi connectivity index (χ2n) is 6.87. The molecule has 0 spiro atoms. The Labute approximate surface area is 170 Å². The maximum atomic E-state index is 12.7. The third-order valence-electron chi connectivity index (χ3n) is 4.72. The number of aliphatic hydroxyl groups is 1. The van der Waals surface area contributed by atoms with E-state index >= 15 is 0 Å². The molecule has 156 valence electrons. The zero-order chi connectivity index (χ0) is 21.9. The molecule has 0 fully saturated rings. The van der Waals surface area contributed by atoms with Gasteiger partial charge >= 0.3 is 6.18 Å². The number of nitrogens with one attached hydrogen (secondary N) is 1. The number of rotatable bonds is 6. The summed E-state index contributed by atoms with van der Waals surface area (Å²) in [6.45, 7) is 0. The molecule has 0 aliphatic rings. The lowest BCUT2D eigenvalue weighted by molar-refractivity contribution is -0.137. The van der Waals surface area contributed by atoms with Crippen LogP contribution in [0.3, 0.4) is 0 Å². The highest BCUT2D eigenvalue weighted by Crippen LogP contribution is 2.30. The van der Waals surface area contributed by atoms with Crippen LogP contribution in [0.5, 0.6) is 0 Å². The normalized spacial score (nSPS) is 13.6. The minimum Gasteiger partial charge on any atom is -0.378 e. The summed E-state index contributed by atoms with van der Waals surface area (Å²) in [5.74, 6) is -1.73. The third kappa shape index (κ3) is 4.96. The molecule has 30 heavy (non-hydrogen) atoms. The number of primary amides is 1. The van der Waals surface area contributed by atoms with Crippen LogP contribution in [0.4, 0.5) is 13.2 Å². The molecular weight excluding hydrogens is 397 g/mol. The van der Waals surface area contributed by atoms with Crippen molar-refractivity contribution < 1.29 is 27.9 Å². The zero-order valence-electron chi connectivity index (χ0n) is 15.7. The molecule has 3 rings (SSSR count). The van der Waals surface area contributed by atoms with Gasteiger partial charge in [0, 0.05) is 6.42 Å². The Kier molecular flexibility index (Phi) is 6.07. The molecule has 3 aromatic carbocycles. The van der Waals surface area contributed by atoms with Gasteiger partial charge in [0.25, 0.3) is 5.91 Å². The van der Waals surface area contributed by atoms with Gasteiger partial charge in [0.05, 0.1) is 5.56 Å². The van der Waals surface area contributed by atoms with Gasteiger partial charge in [-0.15, -0.1) is 0 Å². The van der Waals surface area contributed by atoms with Gasteiger partial charge in [-0.05, 0) is 34.0 Å². The molecule has 4 N–H and O–H groups in total. The van der Waals surface area contributed by atoms with Crippen molar-refractivity contribution in [3.63, 3.8) is 0 Å². The molecule has 0 aromatic heterocycles. The lowest BCUT2D eigenvalue weighted by Crippen LogP contribution is -2.47. The van der Waals surface area contributed by atoms with Crippen molar-refractivity contribution in [1.29, 1.82) is 0 Å². The maximum absolute atomic E-state index is 12.7. The number of fused-ring (bicyclic) bond motifs is 1. The Morgan fingerprint density at radius 1 is 0.967 bits per heavy atom. The van der Waals surface area contributed by atoms with Crippen LogP contribution in [0.25, 0.3) is 10.8 Å². The number of amides is 2. The number of nitrogens with two attached hydrogens (primary N) is 1. The van der Waals surface area contributed by atoms with E-state index in [-0.39, 0.29) is 12.0 Å². The van der Waals surface area contributed by atoms with E-state index < -0.39 is 35.7 Å². The van der Waals surface area contributed by atoms with Gasteiger partial charge in [-0.1, -0.05) is 54.6 Å². The summed E-state index contributed by atoms with van der Waals surface area (Å²) >= 11 is 0. The SMILES string of the molecule is NC(=O)[C@H](Cc1ccc2ccccc2c1)NC(=O)[C@@H](O)c1ccc(C(F)(F)F)cc1. The Hall–Kier alpha value is -3.39. The second-order valence-corrected chi connectivity index (χ2v) is 6.87. The number of benzene rings is 3. The predicted octanol–water partition coefficient (Wildman–Crippen LogP) is 3.10. The highest BCUT2D eigenvalue weighted by molar-refractivity contribution is 5.89. The van der Waals surface area contributed by atoms with E-state index in [1.165, 1.54) is 0 Å². The first-order chi connectivity index (χ1) is 14.1. The monoisotopic (exact) mass is 416 g/mol. The number of hydrogen-bond donors (Lipinski definition) is 3. The number of halogens is 3. The molecule has 0 heterocycles. The Balaban J connectivity index is 1.72. The molecule has 0 aliphatic carbocycles. The van der Waals surface area contributed by atoms with Gasteiger partial charge in [0.2, 0.25) is 5.91 Å². The molecule has 3 aromatic rings. The standard InChI is InChI=1S/C22H19F3N2O3/c23-22(24,25)17-9-7-15(8-10-17)19(28)21(30)27-18(20(26)29)12-13-5-6-14-3-1-2-4-16(14)11-13/h1-11,18-19,28H,12H2,(H2,26,29)(H,27,30)/t18-,19-/m0/s1. The zero-order valence-corrected chi connectivity index (χ0v) is 15.7. The summed E-state index contributed by atoms with van der Waals surface area (Å²) in [5, 5.41) is 14.5. The van der Waals surface area contributed by atoms with Crippen molar-refractivity contribution in [2.75, 3.05) is 0 Å². The fraction of sp³-hybridized carbons (Fsp3) is 0.182. The van der Waals surface area contributed by atoms with Gasteiger partial charge in [0.1, 0.15) is 6.04 Å². The van der Waals surface area contributed by atoms with Crippen molar-refractivity contribution in [2.24, 2.45) is 5.73 Å². The Morgan fingerprint density at radius 3 is 2.20 bits per heavy atom. The first kappa shape index (κ1) is 21.3. The van der Waals surface area contributed by atoms with Gasteiger partial charge < -0.3 is 16.2 Å². The predicted molar refractivity (Wildman–Crippen MR) is 105 cm³/mol. The Morgan fingerprint density at radius 2 is 1.60 bits per heavy atom. The van der Waals surface area contributed by atoms with Gasteiger partial charge in [-0.2, -0.15) is 13.2 Å². The van der Waals surface area contributed by atoms with E-state index in [9.17, 15) is 27.9 Å². The van der Waals surface area contributed by atoms with Crippen LogP contribution in [-0.2, 0) is 22.2 Å². The molecule has 5 nitrogen and oxygen atoms in total. The molecule has 0 saturated heterocycles.